The number of aromatic carboxylic acids is 1. The van der Waals surface area contributed by atoms with Crippen molar-refractivity contribution in [2.24, 2.45) is 0 Å². The Hall–Kier alpha value is -2.14. The van der Waals surface area contributed by atoms with Crippen molar-refractivity contribution in [2.75, 3.05) is 0 Å². The number of halogens is 2. The summed E-state index contributed by atoms with van der Waals surface area (Å²) in [4.78, 5) is 14.5. The van der Waals surface area contributed by atoms with Crippen LogP contribution >= 0.6 is 11.6 Å². The third-order valence-corrected chi connectivity index (χ3v) is 2.38. The first-order valence-corrected chi connectivity index (χ1v) is 5.25. The molecule has 1 heterocycles. The fraction of sp³-hybridized carbons (Fsp3) is 0. The van der Waals surface area contributed by atoms with Crippen molar-refractivity contribution in [3.63, 3.8) is 0 Å². The van der Waals surface area contributed by atoms with Gasteiger partial charge in [-0.05, 0) is 24.3 Å². The van der Waals surface area contributed by atoms with Gasteiger partial charge in [0.2, 0.25) is 0 Å². The molecule has 0 bridgehead atoms. The van der Waals surface area contributed by atoms with E-state index in [9.17, 15) is 9.18 Å². The van der Waals surface area contributed by atoms with Crippen LogP contribution in [0.15, 0.2) is 36.7 Å². The maximum atomic E-state index is 12.8. The minimum absolute atomic E-state index is 0.00858. The molecule has 2 aromatic rings. The number of carboxylic acid groups (broad SMARTS) is 1. The van der Waals surface area contributed by atoms with Gasteiger partial charge in [0, 0.05) is 6.20 Å². The highest BCUT2D eigenvalue weighted by Gasteiger charge is 2.08. The first kappa shape index (κ1) is 12.3. The van der Waals surface area contributed by atoms with Crippen LogP contribution in [0, 0.1) is 5.82 Å². The van der Waals surface area contributed by atoms with Gasteiger partial charge in [0.1, 0.15) is 17.3 Å². The van der Waals surface area contributed by atoms with Crippen LogP contribution in [0.25, 0.3) is 0 Å². The molecule has 0 amide bonds. The van der Waals surface area contributed by atoms with E-state index >= 15 is 0 Å². The zero-order valence-electron chi connectivity index (χ0n) is 8.93. The normalized spacial score (nSPS) is 10.1. The molecule has 6 heteroatoms. The van der Waals surface area contributed by atoms with Crippen LogP contribution in [0.2, 0.25) is 5.02 Å². The summed E-state index contributed by atoms with van der Waals surface area (Å²) in [5.74, 6) is -1.16. The lowest BCUT2D eigenvalue weighted by atomic mass is 10.3. The van der Waals surface area contributed by atoms with Gasteiger partial charge in [-0.3, -0.25) is 4.98 Å². The lowest BCUT2D eigenvalue weighted by molar-refractivity contribution is 0.0696. The maximum Gasteiger partial charge on any atom is 0.337 e. The Labute approximate surface area is 107 Å². The van der Waals surface area contributed by atoms with Gasteiger partial charge in [0.15, 0.2) is 0 Å². The van der Waals surface area contributed by atoms with Crippen molar-refractivity contribution in [1.29, 1.82) is 0 Å². The molecule has 92 valence electrons. The van der Waals surface area contributed by atoms with Gasteiger partial charge in [-0.2, -0.15) is 0 Å². The maximum absolute atomic E-state index is 12.8. The molecule has 0 aliphatic heterocycles. The highest BCUT2D eigenvalue weighted by atomic mass is 35.5. The minimum atomic E-state index is -1.11. The van der Waals surface area contributed by atoms with Gasteiger partial charge in [-0.25, -0.2) is 9.18 Å². The molecular formula is C12H7ClFNO3. The van der Waals surface area contributed by atoms with Gasteiger partial charge in [0.25, 0.3) is 0 Å². The minimum Gasteiger partial charge on any atom is -0.478 e. The van der Waals surface area contributed by atoms with Gasteiger partial charge < -0.3 is 9.84 Å². The predicted molar refractivity (Wildman–Crippen MR) is 62.7 cm³/mol. The van der Waals surface area contributed by atoms with Crippen molar-refractivity contribution >= 4 is 17.6 Å². The second-order valence-electron chi connectivity index (χ2n) is 3.39. The highest BCUT2D eigenvalue weighted by molar-refractivity contribution is 6.32. The topological polar surface area (TPSA) is 59.4 Å². The molecule has 0 saturated heterocycles. The second-order valence-corrected chi connectivity index (χ2v) is 3.80. The Bertz CT molecular complexity index is 604. The number of aromatic nitrogens is 1. The van der Waals surface area contributed by atoms with Gasteiger partial charge >= 0.3 is 5.97 Å². The summed E-state index contributed by atoms with van der Waals surface area (Å²) in [5.41, 5.74) is -0.00858. The summed E-state index contributed by atoms with van der Waals surface area (Å²) >= 11 is 5.78. The largest absolute Gasteiger partial charge is 0.478 e. The summed E-state index contributed by atoms with van der Waals surface area (Å²) in [7, 11) is 0. The van der Waals surface area contributed by atoms with Gasteiger partial charge in [-0.1, -0.05) is 11.6 Å². The highest BCUT2D eigenvalue weighted by Crippen LogP contribution is 2.29. The monoisotopic (exact) mass is 267 g/mol. The van der Waals surface area contributed by atoms with Crippen molar-refractivity contribution in [3.05, 3.63) is 53.1 Å². The molecule has 0 unspecified atom stereocenters. The lowest BCUT2D eigenvalue weighted by Crippen LogP contribution is -1.97. The summed E-state index contributed by atoms with van der Waals surface area (Å²) in [6.45, 7) is 0. The molecule has 18 heavy (non-hydrogen) atoms. The number of hydrogen-bond donors (Lipinski definition) is 1. The fourth-order valence-corrected chi connectivity index (χ4v) is 1.48. The Morgan fingerprint density at radius 2 is 2.11 bits per heavy atom. The Kier molecular flexibility index (Phi) is 3.43. The van der Waals surface area contributed by atoms with Gasteiger partial charge in [-0.15, -0.1) is 0 Å². The van der Waals surface area contributed by atoms with Crippen LogP contribution in [0.4, 0.5) is 4.39 Å². The fourth-order valence-electron chi connectivity index (χ4n) is 1.28. The molecule has 2 rings (SSSR count). The van der Waals surface area contributed by atoms with Crippen molar-refractivity contribution in [1.82, 2.24) is 4.98 Å². The number of hydrogen-bond acceptors (Lipinski definition) is 3. The average Bonchev–Trinajstić information content (AvgIpc) is 2.33. The van der Waals surface area contributed by atoms with E-state index in [1.807, 2.05) is 0 Å². The van der Waals surface area contributed by atoms with E-state index in [-0.39, 0.29) is 22.1 Å². The Morgan fingerprint density at radius 3 is 2.78 bits per heavy atom. The molecule has 1 N–H and O–H groups in total. The zero-order chi connectivity index (χ0) is 13.1. The van der Waals surface area contributed by atoms with Crippen LogP contribution in [-0.2, 0) is 0 Å². The lowest BCUT2D eigenvalue weighted by Gasteiger charge is -2.07. The first-order chi connectivity index (χ1) is 8.56. The van der Waals surface area contributed by atoms with Gasteiger partial charge in [0.05, 0.1) is 16.8 Å². The van der Waals surface area contributed by atoms with E-state index in [1.165, 1.54) is 30.6 Å². The Balaban J connectivity index is 2.28. The number of benzene rings is 1. The van der Waals surface area contributed by atoms with Crippen LogP contribution in [0.3, 0.4) is 0 Å². The molecule has 4 nitrogen and oxygen atoms in total. The zero-order valence-corrected chi connectivity index (χ0v) is 9.69. The number of pyridine rings is 1. The van der Waals surface area contributed by atoms with Crippen molar-refractivity contribution in [2.45, 2.75) is 0 Å². The third-order valence-electron chi connectivity index (χ3n) is 2.08. The number of ether oxygens (including phenoxy) is 1. The van der Waals surface area contributed by atoms with E-state index in [0.29, 0.717) is 0 Å². The molecular weight excluding hydrogens is 261 g/mol. The standard InChI is InChI=1S/C12H7ClFNO3/c13-10-4-8(14)1-2-11(10)18-9-3-7(12(16)17)5-15-6-9/h1-6H,(H,16,17). The SMILES string of the molecule is O=C(O)c1cncc(Oc2ccc(F)cc2Cl)c1. The molecule has 0 radical (unpaired) electrons. The average molecular weight is 268 g/mol. The number of nitrogens with zero attached hydrogens (tertiary/aromatic N) is 1. The predicted octanol–water partition coefficient (Wildman–Crippen LogP) is 3.36. The van der Waals surface area contributed by atoms with E-state index in [1.54, 1.807) is 0 Å². The van der Waals surface area contributed by atoms with E-state index < -0.39 is 11.8 Å². The molecule has 0 saturated carbocycles. The molecule has 0 aliphatic rings. The number of carbonyl (C=O) groups is 1. The third kappa shape index (κ3) is 2.75. The molecule has 0 fully saturated rings. The van der Waals surface area contributed by atoms with Crippen LogP contribution in [0.5, 0.6) is 11.5 Å². The Morgan fingerprint density at radius 1 is 1.33 bits per heavy atom. The molecule has 1 aromatic carbocycles. The summed E-state index contributed by atoms with van der Waals surface area (Å²) < 4.78 is 18.2. The van der Waals surface area contributed by atoms with Crippen molar-refractivity contribution < 1.29 is 19.0 Å². The smallest absolute Gasteiger partial charge is 0.337 e. The summed E-state index contributed by atoms with van der Waals surface area (Å²) in [6.07, 6.45) is 2.54. The molecule has 0 aliphatic carbocycles. The van der Waals surface area contributed by atoms with E-state index in [4.69, 9.17) is 21.4 Å². The number of rotatable bonds is 3. The second kappa shape index (κ2) is 5.01. The quantitative estimate of drug-likeness (QED) is 0.926. The summed E-state index contributed by atoms with van der Waals surface area (Å²) in [5, 5.41) is 8.89. The van der Waals surface area contributed by atoms with E-state index in [2.05, 4.69) is 4.98 Å². The molecule has 1 aromatic heterocycles. The van der Waals surface area contributed by atoms with E-state index in [0.717, 1.165) is 6.07 Å². The van der Waals surface area contributed by atoms with Crippen LogP contribution in [0.1, 0.15) is 10.4 Å². The van der Waals surface area contributed by atoms with Crippen molar-refractivity contribution in [3.8, 4) is 11.5 Å². The first-order valence-electron chi connectivity index (χ1n) is 4.87. The molecule has 0 atom stereocenters. The molecule has 0 spiro atoms. The summed E-state index contributed by atoms with van der Waals surface area (Å²) in [6, 6.07) is 4.95. The van der Waals surface area contributed by atoms with Crippen LogP contribution in [-0.4, -0.2) is 16.1 Å². The number of carboxylic acids is 1. The van der Waals surface area contributed by atoms with Crippen LogP contribution < -0.4 is 4.74 Å².